The summed E-state index contributed by atoms with van der Waals surface area (Å²) in [7, 11) is 0. The molecule has 1 aromatic carbocycles. The van der Waals surface area contributed by atoms with Gasteiger partial charge in [0.05, 0.1) is 11.9 Å². The third-order valence-electron chi connectivity index (χ3n) is 3.41. The molecule has 3 rings (SSSR count). The Hall–Kier alpha value is -2.69. The van der Waals surface area contributed by atoms with Gasteiger partial charge in [-0.15, -0.1) is 0 Å². The molecule has 0 saturated carbocycles. The second-order valence-corrected chi connectivity index (χ2v) is 4.67. The van der Waals surface area contributed by atoms with Crippen molar-refractivity contribution in [3.05, 3.63) is 60.2 Å². The topological polar surface area (TPSA) is 56.7 Å². The number of pyridine rings is 1. The predicted octanol–water partition coefficient (Wildman–Crippen LogP) is 3.22. The molecule has 4 nitrogen and oxygen atoms in total. The molecule has 2 N–H and O–H groups in total. The first-order valence-electron chi connectivity index (χ1n) is 6.75. The highest BCUT2D eigenvalue weighted by atomic mass is 19.1. The van der Waals surface area contributed by atoms with Crippen LogP contribution in [0.4, 0.5) is 10.2 Å². The standard InChI is InChI=1S/C16H15FN4/c1-2-12-15(13-8-9-19-10-14(13)17)20-21(16(12)18)11-6-4-3-5-7-11/h3-10H,2,18H2,1H3. The van der Waals surface area contributed by atoms with Crippen molar-refractivity contribution in [2.45, 2.75) is 13.3 Å². The van der Waals surface area contributed by atoms with Crippen molar-refractivity contribution >= 4 is 5.82 Å². The van der Waals surface area contributed by atoms with Gasteiger partial charge in [-0.3, -0.25) is 4.98 Å². The molecule has 0 saturated heterocycles. The van der Waals surface area contributed by atoms with Crippen LogP contribution in [0, 0.1) is 5.82 Å². The molecule has 0 bridgehead atoms. The van der Waals surface area contributed by atoms with Crippen LogP contribution in [0.5, 0.6) is 0 Å². The first-order chi connectivity index (χ1) is 10.2. The van der Waals surface area contributed by atoms with Gasteiger partial charge in [0.2, 0.25) is 0 Å². The largest absolute Gasteiger partial charge is 0.383 e. The van der Waals surface area contributed by atoms with E-state index in [-0.39, 0.29) is 0 Å². The van der Waals surface area contributed by atoms with E-state index in [1.165, 1.54) is 6.20 Å². The Morgan fingerprint density at radius 1 is 1.19 bits per heavy atom. The maximum absolute atomic E-state index is 14.0. The number of benzene rings is 1. The Bertz CT molecular complexity index is 765. The van der Waals surface area contributed by atoms with Crippen molar-refractivity contribution in [1.29, 1.82) is 0 Å². The molecule has 0 unspecified atom stereocenters. The number of anilines is 1. The lowest BCUT2D eigenvalue weighted by molar-refractivity contribution is 0.624. The van der Waals surface area contributed by atoms with Crippen molar-refractivity contribution < 1.29 is 4.39 Å². The van der Waals surface area contributed by atoms with Gasteiger partial charge < -0.3 is 5.73 Å². The van der Waals surface area contributed by atoms with E-state index in [4.69, 9.17) is 5.73 Å². The van der Waals surface area contributed by atoms with Gasteiger partial charge >= 0.3 is 0 Å². The SMILES string of the molecule is CCc1c(-c2ccncc2F)nn(-c2ccccc2)c1N. The molecule has 0 radical (unpaired) electrons. The lowest BCUT2D eigenvalue weighted by atomic mass is 10.1. The zero-order valence-electron chi connectivity index (χ0n) is 11.6. The summed E-state index contributed by atoms with van der Waals surface area (Å²) in [6.07, 6.45) is 3.41. The minimum absolute atomic E-state index is 0.398. The molecule has 0 spiro atoms. The third kappa shape index (κ3) is 2.27. The lowest BCUT2D eigenvalue weighted by Crippen LogP contribution is -2.02. The van der Waals surface area contributed by atoms with Crippen LogP contribution in [0.15, 0.2) is 48.8 Å². The number of halogens is 1. The molecule has 106 valence electrons. The molecule has 0 atom stereocenters. The molecule has 0 aliphatic carbocycles. The van der Waals surface area contributed by atoms with Crippen molar-refractivity contribution in [3.63, 3.8) is 0 Å². The summed E-state index contributed by atoms with van der Waals surface area (Å²) in [6.45, 7) is 1.98. The molecule has 21 heavy (non-hydrogen) atoms. The Morgan fingerprint density at radius 2 is 1.95 bits per heavy atom. The van der Waals surface area contributed by atoms with E-state index in [2.05, 4.69) is 10.1 Å². The van der Waals surface area contributed by atoms with Gasteiger partial charge in [0.1, 0.15) is 11.5 Å². The van der Waals surface area contributed by atoms with E-state index in [0.29, 0.717) is 23.5 Å². The molecule has 0 aliphatic rings. The molecular formula is C16H15FN4. The first-order valence-corrected chi connectivity index (χ1v) is 6.75. The summed E-state index contributed by atoms with van der Waals surface area (Å²) in [4.78, 5) is 3.77. The minimum Gasteiger partial charge on any atom is -0.383 e. The van der Waals surface area contributed by atoms with Crippen LogP contribution >= 0.6 is 0 Å². The molecule has 2 heterocycles. The fraction of sp³-hybridized carbons (Fsp3) is 0.125. The maximum atomic E-state index is 14.0. The number of hydrogen-bond acceptors (Lipinski definition) is 3. The van der Waals surface area contributed by atoms with Gasteiger partial charge in [-0.1, -0.05) is 25.1 Å². The molecule has 3 aromatic rings. The van der Waals surface area contributed by atoms with Crippen molar-refractivity contribution in [2.24, 2.45) is 0 Å². The molecule has 0 fully saturated rings. The van der Waals surface area contributed by atoms with Gasteiger partial charge in [0.15, 0.2) is 5.82 Å². The van der Waals surface area contributed by atoms with Crippen LogP contribution in [-0.4, -0.2) is 14.8 Å². The van der Waals surface area contributed by atoms with Crippen molar-refractivity contribution in [1.82, 2.24) is 14.8 Å². The van der Waals surface area contributed by atoms with E-state index in [1.54, 1.807) is 16.9 Å². The first kappa shape index (κ1) is 13.3. The van der Waals surface area contributed by atoms with Crippen LogP contribution < -0.4 is 5.73 Å². The summed E-state index contributed by atoms with van der Waals surface area (Å²) < 4.78 is 15.6. The summed E-state index contributed by atoms with van der Waals surface area (Å²) in [5.41, 5.74) is 8.87. The van der Waals surface area contributed by atoms with E-state index < -0.39 is 5.82 Å². The van der Waals surface area contributed by atoms with E-state index >= 15 is 0 Å². The van der Waals surface area contributed by atoms with Crippen molar-refractivity contribution in [2.75, 3.05) is 5.73 Å². The number of nitrogens with two attached hydrogens (primary N) is 1. The Labute approximate surface area is 122 Å². The number of aromatic nitrogens is 3. The summed E-state index contributed by atoms with van der Waals surface area (Å²) in [6, 6.07) is 11.2. The molecule has 5 heteroatoms. The van der Waals surface area contributed by atoms with Gasteiger partial charge in [-0.2, -0.15) is 5.10 Å². The third-order valence-corrected chi connectivity index (χ3v) is 3.41. The lowest BCUT2D eigenvalue weighted by Gasteiger charge is -2.03. The highest BCUT2D eigenvalue weighted by Crippen LogP contribution is 2.30. The fourth-order valence-electron chi connectivity index (χ4n) is 2.36. The predicted molar refractivity (Wildman–Crippen MR) is 80.5 cm³/mol. The molecule has 2 aromatic heterocycles. The smallest absolute Gasteiger partial charge is 0.150 e. The number of rotatable bonds is 3. The second kappa shape index (κ2) is 5.36. The Morgan fingerprint density at radius 3 is 2.62 bits per heavy atom. The van der Waals surface area contributed by atoms with Crippen LogP contribution in [0.3, 0.4) is 0 Å². The van der Waals surface area contributed by atoms with Crippen molar-refractivity contribution in [3.8, 4) is 16.9 Å². The quantitative estimate of drug-likeness (QED) is 0.802. The molecular weight excluding hydrogens is 267 g/mol. The normalized spacial score (nSPS) is 10.8. The number of nitrogen functional groups attached to an aromatic ring is 1. The number of hydrogen-bond donors (Lipinski definition) is 1. The zero-order valence-corrected chi connectivity index (χ0v) is 11.6. The van der Waals surface area contributed by atoms with Crippen LogP contribution in [0.25, 0.3) is 16.9 Å². The summed E-state index contributed by atoms with van der Waals surface area (Å²) >= 11 is 0. The van der Waals surface area contributed by atoms with Crippen LogP contribution in [0.1, 0.15) is 12.5 Å². The minimum atomic E-state index is -0.398. The highest BCUT2D eigenvalue weighted by molar-refractivity contribution is 5.69. The van der Waals surface area contributed by atoms with Gasteiger partial charge in [-0.05, 0) is 24.6 Å². The van der Waals surface area contributed by atoms with Crippen LogP contribution in [0.2, 0.25) is 0 Å². The number of para-hydroxylation sites is 1. The zero-order chi connectivity index (χ0) is 14.8. The highest BCUT2D eigenvalue weighted by Gasteiger charge is 2.18. The van der Waals surface area contributed by atoms with Gasteiger partial charge in [0, 0.05) is 17.3 Å². The Kier molecular flexibility index (Phi) is 3.39. The fourth-order valence-corrected chi connectivity index (χ4v) is 2.36. The summed E-state index contributed by atoms with van der Waals surface area (Å²) in [5, 5.41) is 4.51. The maximum Gasteiger partial charge on any atom is 0.150 e. The van der Waals surface area contributed by atoms with Crippen LogP contribution in [-0.2, 0) is 6.42 Å². The average Bonchev–Trinajstić information content (AvgIpc) is 2.85. The van der Waals surface area contributed by atoms with E-state index in [1.807, 2.05) is 37.3 Å². The average molecular weight is 282 g/mol. The van der Waals surface area contributed by atoms with E-state index in [0.717, 1.165) is 11.3 Å². The second-order valence-electron chi connectivity index (χ2n) is 4.67. The molecule has 0 aliphatic heterocycles. The van der Waals surface area contributed by atoms with Gasteiger partial charge in [-0.25, -0.2) is 9.07 Å². The monoisotopic (exact) mass is 282 g/mol. The Balaban J connectivity index is 2.22. The van der Waals surface area contributed by atoms with Gasteiger partial charge in [0.25, 0.3) is 0 Å². The summed E-state index contributed by atoms with van der Waals surface area (Å²) in [5.74, 6) is 0.139. The molecule has 0 amide bonds. The van der Waals surface area contributed by atoms with E-state index in [9.17, 15) is 4.39 Å². The number of nitrogens with zero attached hydrogens (tertiary/aromatic N) is 3.